The van der Waals surface area contributed by atoms with Crippen LogP contribution in [0, 0.1) is 12.8 Å². The minimum absolute atomic E-state index is 0.835. The molecule has 0 amide bonds. The van der Waals surface area contributed by atoms with Crippen LogP contribution in [0.25, 0.3) is 0 Å². The predicted octanol–water partition coefficient (Wildman–Crippen LogP) is 1.68. The Kier molecular flexibility index (Phi) is 3.80. The minimum atomic E-state index is 0.835. The van der Waals surface area contributed by atoms with E-state index in [0.29, 0.717) is 0 Å². The van der Waals surface area contributed by atoms with Crippen LogP contribution in [0.4, 0.5) is 0 Å². The van der Waals surface area contributed by atoms with Gasteiger partial charge in [-0.15, -0.1) is 0 Å². The Morgan fingerprint density at radius 3 is 2.87 bits per heavy atom. The molecule has 2 heterocycles. The zero-order chi connectivity index (χ0) is 10.5. The summed E-state index contributed by atoms with van der Waals surface area (Å²) in [6.45, 7) is 6.30. The first kappa shape index (κ1) is 10.7. The molecule has 0 aliphatic carbocycles. The molecule has 0 spiro atoms. The second kappa shape index (κ2) is 5.33. The molecule has 0 unspecified atom stereocenters. The van der Waals surface area contributed by atoms with Gasteiger partial charge in [-0.2, -0.15) is 0 Å². The SMILES string of the molecule is Cc1ccc(CNCC2CCNCC2)o1. The van der Waals surface area contributed by atoms with Gasteiger partial charge < -0.3 is 15.1 Å². The lowest BCUT2D eigenvalue weighted by atomic mass is 9.98. The van der Waals surface area contributed by atoms with Crippen molar-refractivity contribution in [3.8, 4) is 0 Å². The van der Waals surface area contributed by atoms with E-state index in [0.717, 1.165) is 30.5 Å². The van der Waals surface area contributed by atoms with Crippen LogP contribution in [0.15, 0.2) is 16.5 Å². The fourth-order valence-corrected chi connectivity index (χ4v) is 2.07. The van der Waals surface area contributed by atoms with Gasteiger partial charge in [-0.3, -0.25) is 0 Å². The average Bonchev–Trinajstić information content (AvgIpc) is 2.66. The van der Waals surface area contributed by atoms with Gasteiger partial charge in [-0.1, -0.05) is 0 Å². The molecule has 0 saturated carbocycles. The van der Waals surface area contributed by atoms with Crippen LogP contribution in [0.5, 0.6) is 0 Å². The molecule has 1 aromatic heterocycles. The predicted molar refractivity (Wildman–Crippen MR) is 60.7 cm³/mol. The van der Waals surface area contributed by atoms with Crippen molar-refractivity contribution in [2.75, 3.05) is 19.6 Å². The van der Waals surface area contributed by atoms with E-state index in [1.165, 1.54) is 25.9 Å². The molecule has 3 heteroatoms. The summed E-state index contributed by atoms with van der Waals surface area (Å²) in [5.41, 5.74) is 0. The smallest absolute Gasteiger partial charge is 0.117 e. The Labute approximate surface area is 91.2 Å². The Balaban J connectivity index is 1.65. The molecular weight excluding hydrogens is 188 g/mol. The van der Waals surface area contributed by atoms with E-state index in [2.05, 4.69) is 10.6 Å². The van der Waals surface area contributed by atoms with E-state index in [-0.39, 0.29) is 0 Å². The van der Waals surface area contributed by atoms with Gasteiger partial charge in [-0.05, 0) is 57.5 Å². The molecule has 84 valence electrons. The summed E-state index contributed by atoms with van der Waals surface area (Å²) >= 11 is 0. The maximum atomic E-state index is 5.50. The second-order valence-corrected chi connectivity index (χ2v) is 4.34. The molecule has 2 N–H and O–H groups in total. The fraction of sp³-hybridized carbons (Fsp3) is 0.667. The molecule has 1 saturated heterocycles. The van der Waals surface area contributed by atoms with E-state index < -0.39 is 0 Å². The summed E-state index contributed by atoms with van der Waals surface area (Å²) in [7, 11) is 0. The zero-order valence-electron chi connectivity index (χ0n) is 9.38. The standard InChI is InChI=1S/C12H20N2O/c1-10-2-3-12(15-10)9-14-8-11-4-6-13-7-5-11/h2-3,11,13-14H,4-9H2,1H3. The highest BCUT2D eigenvalue weighted by atomic mass is 16.3. The van der Waals surface area contributed by atoms with Crippen LogP contribution < -0.4 is 10.6 Å². The van der Waals surface area contributed by atoms with Gasteiger partial charge in [0.2, 0.25) is 0 Å². The number of nitrogens with one attached hydrogen (secondary N) is 2. The minimum Gasteiger partial charge on any atom is -0.465 e. The molecule has 1 fully saturated rings. The highest BCUT2D eigenvalue weighted by Gasteiger charge is 2.12. The normalized spacial score (nSPS) is 18.2. The summed E-state index contributed by atoms with van der Waals surface area (Å²) in [5.74, 6) is 2.87. The molecule has 2 rings (SSSR count). The van der Waals surface area contributed by atoms with E-state index in [4.69, 9.17) is 4.42 Å². The monoisotopic (exact) mass is 208 g/mol. The van der Waals surface area contributed by atoms with Crippen molar-refractivity contribution in [2.24, 2.45) is 5.92 Å². The number of hydrogen-bond donors (Lipinski definition) is 2. The molecule has 0 atom stereocenters. The molecule has 3 nitrogen and oxygen atoms in total. The number of aryl methyl sites for hydroxylation is 1. The number of rotatable bonds is 4. The largest absolute Gasteiger partial charge is 0.465 e. The average molecular weight is 208 g/mol. The van der Waals surface area contributed by atoms with Crippen molar-refractivity contribution in [1.82, 2.24) is 10.6 Å². The zero-order valence-corrected chi connectivity index (χ0v) is 9.38. The number of piperidine rings is 1. The second-order valence-electron chi connectivity index (χ2n) is 4.34. The number of furan rings is 1. The molecular formula is C12H20N2O. The van der Waals surface area contributed by atoms with Gasteiger partial charge in [0.05, 0.1) is 6.54 Å². The maximum Gasteiger partial charge on any atom is 0.117 e. The van der Waals surface area contributed by atoms with E-state index in [1.54, 1.807) is 0 Å². The van der Waals surface area contributed by atoms with Crippen LogP contribution in [-0.4, -0.2) is 19.6 Å². The molecule has 0 radical (unpaired) electrons. The molecule has 15 heavy (non-hydrogen) atoms. The lowest BCUT2D eigenvalue weighted by Gasteiger charge is -2.22. The summed E-state index contributed by atoms with van der Waals surface area (Å²) in [6, 6.07) is 4.06. The van der Waals surface area contributed by atoms with Gasteiger partial charge in [-0.25, -0.2) is 0 Å². The van der Waals surface area contributed by atoms with Crippen LogP contribution in [-0.2, 0) is 6.54 Å². The van der Waals surface area contributed by atoms with Gasteiger partial charge in [0.25, 0.3) is 0 Å². The molecule has 1 aliphatic heterocycles. The first-order valence-electron chi connectivity index (χ1n) is 5.81. The third kappa shape index (κ3) is 3.36. The summed E-state index contributed by atoms with van der Waals surface area (Å²) in [4.78, 5) is 0. The van der Waals surface area contributed by atoms with E-state index in [9.17, 15) is 0 Å². The lowest BCUT2D eigenvalue weighted by Crippen LogP contribution is -2.33. The third-order valence-electron chi connectivity index (χ3n) is 2.99. The highest BCUT2D eigenvalue weighted by molar-refractivity contribution is 5.05. The van der Waals surface area contributed by atoms with Gasteiger partial charge >= 0.3 is 0 Å². The van der Waals surface area contributed by atoms with Crippen molar-refractivity contribution in [3.05, 3.63) is 23.7 Å². The van der Waals surface area contributed by atoms with Gasteiger partial charge in [0.15, 0.2) is 0 Å². The highest BCUT2D eigenvalue weighted by Crippen LogP contribution is 2.11. The topological polar surface area (TPSA) is 37.2 Å². The van der Waals surface area contributed by atoms with Crippen molar-refractivity contribution < 1.29 is 4.42 Å². The Morgan fingerprint density at radius 1 is 1.40 bits per heavy atom. The first-order chi connectivity index (χ1) is 7.34. The molecule has 0 bridgehead atoms. The van der Waals surface area contributed by atoms with Crippen LogP contribution >= 0.6 is 0 Å². The molecule has 1 aromatic rings. The maximum absolute atomic E-state index is 5.50. The first-order valence-corrected chi connectivity index (χ1v) is 5.81. The summed E-state index contributed by atoms with van der Waals surface area (Å²) in [5, 5.41) is 6.84. The fourth-order valence-electron chi connectivity index (χ4n) is 2.07. The Hall–Kier alpha value is -0.800. The Morgan fingerprint density at radius 2 is 2.20 bits per heavy atom. The van der Waals surface area contributed by atoms with Crippen LogP contribution in [0.3, 0.4) is 0 Å². The van der Waals surface area contributed by atoms with E-state index >= 15 is 0 Å². The van der Waals surface area contributed by atoms with Crippen molar-refractivity contribution in [1.29, 1.82) is 0 Å². The van der Waals surface area contributed by atoms with Crippen LogP contribution in [0.2, 0.25) is 0 Å². The number of hydrogen-bond acceptors (Lipinski definition) is 3. The van der Waals surface area contributed by atoms with Gasteiger partial charge in [0, 0.05) is 0 Å². The van der Waals surface area contributed by atoms with Crippen molar-refractivity contribution in [3.63, 3.8) is 0 Å². The quantitative estimate of drug-likeness (QED) is 0.790. The van der Waals surface area contributed by atoms with Crippen molar-refractivity contribution in [2.45, 2.75) is 26.3 Å². The van der Waals surface area contributed by atoms with Crippen molar-refractivity contribution >= 4 is 0 Å². The third-order valence-corrected chi connectivity index (χ3v) is 2.99. The lowest BCUT2D eigenvalue weighted by molar-refractivity contribution is 0.349. The summed E-state index contributed by atoms with van der Waals surface area (Å²) in [6.07, 6.45) is 2.59. The Bertz CT molecular complexity index is 290. The molecule has 1 aliphatic rings. The van der Waals surface area contributed by atoms with Gasteiger partial charge in [0.1, 0.15) is 11.5 Å². The molecule has 0 aromatic carbocycles. The van der Waals surface area contributed by atoms with Crippen LogP contribution in [0.1, 0.15) is 24.4 Å². The summed E-state index contributed by atoms with van der Waals surface area (Å²) < 4.78 is 5.50. The van der Waals surface area contributed by atoms with E-state index in [1.807, 2.05) is 19.1 Å².